The number of carbonyl (C=O) groups excluding carboxylic acids is 2. The van der Waals surface area contributed by atoms with Gasteiger partial charge in [0.1, 0.15) is 0 Å². The van der Waals surface area contributed by atoms with E-state index in [0.717, 1.165) is 42.1 Å². The summed E-state index contributed by atoms with van der Waals surface area (Å²) in [4.78, 5) is 30.4. The third kappa shape index (κ3) is 6.04. The van der Waals surface area contributed by atoms with Gasteiger partial charge < -0.3 is 10.2 Å². The summed E-state index contributed by atoms with van der Waals surface area (Å²) in [7, 11) is 0. The molecule has 1 fully saturated rings. The van der Waals surface area contributed by atoms with Crippen molar-refractivity contribution in [2.24, 2.45) is 5.92 Å². The fraction of sp³-hybridized carbons (Fsp3) is 0.476. The van der Waals surface area contributed by atoms with Crippen LogP contribution in [0, 0.1) is 12.8 Å². The lowest BCUT2D eigenvalue weighted by molar-refractivity contribution is -0.137. The molecule has 0 bridgehead atoms. The summed E-state index contributed by atoms with van der Waals surface area (Å²) >= 11 is 1.63. The number of amides is 2. The van der Waals surface area contributed by atoms with Crippen LogP contribution in [0.2, 0.25) is 0 Å². The van der Waals surface area contributed by atoms with E-state index in [1.807, 2.05) is 12.3 Å². The molecule has 0 spiro atoms. The quantitative estimate of drug-likeness (QED) is 0.634. The van der Waals surface area contributed by atoms with Gasteiger partial charge in [-0.25, -0.2) is 4.98 Å². The molecule has 2 amide bonds. The second-order valence-corrected chi connectivity index (χ2v) is 8.45. The number of hydrogen-bond acceptors (Lipinski definition) is 4. The molecule has 2 aromatic rings. The predicted octanol–water partition coefficient (Wildman–Crippen LogP) is 3.96. The number of unbranched alkanes of at least 4 members (excludes halogenated alkanes) is 1. The van der Waals surface area contributed by atoms with Gasteiger partial charge in [-0.2, -0.15) is 13.2 Å². The first kappa shape index (κ1) is 22.3. The van der Waals surface area contributed by atoms with Gasteiger partial charge in [0.15, 0.2) is 0 Å². The third-order valence-electron chi connectivity index (χ3n) is 5.00. The standard InChI is InChI=1S/C21H24F3N3O2S/c1-14-13-30-18(26-14)7-2-3-8-25-20(29)16-10-19(28)27(12-16)11-15-5-4-6-17(9-15)21(22,23)24/h4-6,9,13,16H,2-3,7-8,10-12H2,1H3,(H,25,29). The van der Waals surface area contributed by atoms with Crippen LogP contribution in [-0.4, -0.2) is 34.8 Å². The molecule has 9 heteroatoms. The Kier molecular flexibility index (Phi) is 7.12. The number of hydrogen-bond donors (Lipinski definition) is 1. The van der Waals surface area contributed by atoms with Gasteiger partial charge in [0.25, 0.3) is 0 Å². The average Bonchev–Trinajstić information content (AvgIpc) is 3.26. The summed E-state index contributed by atoms with van der Waals surface area (Å²) in [5.41, 5.74) is 0.675. The Morgan fingerprint density at radius 3 is 2.83 bits per heavy atom. The molecule has 0 radical (unpaired) electrons. The Balaban J connectivity index is 1.43. The van der Waals surface area contributed by atoms with E-state index in [1.165, 1.54) is 11.0 Å². The number of benzene rings is 1. The normalized spacial score (nSPS) is 16.9. The topological polar surface area (TPSA) is 62.3 Å². The van der Waals surface area contributed by atoms with Crippen molar-refractivity contribution in [1.82, 2.24) is 15.2 Å². The molecule has 1 unspecified atom stereocenters. The minimum Gasteiger partial charge on any atom is -0.356 e. The van der Waals surface area contributed by atoms with Crippen LogP contribution in [0.15, 0.2) is 29.6 Å². The summed E-state index contributed by atoms with van der Waals surface area (Å²) in [5, 5.41) is 5.97. The number of aromatic nitrogens is 1. The molecule has 1 N–H and O–H groups in total. The highest BCUT2D eigenvalue weighted by Crippen LogP contribution is 2.30. The Hall–Kier alpha value is -2.42. The van der Waals surface area contributed by atoms with Gasteiger partial charge in [0.2, 0.25) is 11.8 Å². The molecular weight excluding hydrogens is 415 g/mol. The van der Waals surface area contributed by atoms with Gasteiger partial charge in [-0.1, -0.05) is 12.1 Å². The van der Waals surface area contributed by atoms with Crippen molar-refractivity contribution in [1.29, 1.82) is 0 Å². The highest BCUT2D eigenvalue weighted by Gasteiger charge is 2.35. The molecule has 0 aliphatic carbocycles. The summed E-state index contributed by atoms with van der Waals surface area (Å²) < 4.78 is 38.6. The molecule has 1 aromatic heterocycles. The van der Waals surface area contributed by atoms with Crippen molar-refractivity contribution in [3.63, 3.8) is 0 Å². The molecule has 1 aromatic carbocycles. The van der Waals surface area contributed by atoms with E-state index < -0.39 is 17.7 Å². The Bertz CT molecular complexity index is 898. The van der Waals surface area contributed by atoms with E-state index in [2.05, 4.69) is 10.3 Å². The van der Waals surface area contributed by atoms with E-state index in [0.29, 0.717) is 12.1 Å². The molecular formula is C21H24F3N3O2S. The first-order valence-electron chi connectivity index (χ1n) is 9.85. The third-order valence-corrected chi connectivity index (χ3v) is 6.02. The number of thiazole rings is 1. The number of nitrogens with one attached hydrogen (secondary N) is 1. The molecule has 0 saturated carbocycles. The molecule has 1 saturated heterocycles. The highest BCUT2D eigenvalue weighted by atomic mass is 32.1. The molecule has 1 aliphatic heterocycles. The van der Waals surface area contributed by atoms with Crippen LogP contribution in [0.4, 0.5) is 13.2 Å². The summed E-state index contributed by atoms with van der Waals surface area (Å²) in [6.07, 6.45) is -1.73. The number of aryl methyl sites for hydroxylation is 2. The Labute approximate surface area is 177 Å². The SMILES string of the molecule is Cc1csc(CCCCNC(=O)C2CC(=O)N(Cc3cccc(C(F)(F)F)c3)C2)n1. The maximum Gasteiger partial charge on any atom is 0.416 e. The molecule has 1 atom stereocenters. The second kappa shape index (κ2) is 9.59. The van der Waals surface area contributed by atoms with Gasteiger partial charge >= 0.3 is 6.18 Å². The lowest BCUT2D eigenvalue weighted by Gasteiger charge is -2.17. The van der Waals surface area contributed by atoms with Crippen LogP contribution in [-0.2, 0) is 28.7 Å². The molecule has 1 aliphatic rings. The fourth-order valence-electron chi connectivity index (χ4n) is 3.44. The van der Waals surface area contributed by atoms with Crippen molar-refractivity contribution in [2.75, 3.05) is 13.1 Å². The van der Waals surface area contributed by atoms with Crippen molar-refractivity contribution in [3.8, 4) is 0 Å². The first-order valence-corrected chi connectivity index (χ1v) is 10.7. The van der Waals surface area contributed by atoms with Crippen LogP contribution in [0.1, 0.15) is 41.1 Å². The summed E-state index contributed by atoms with van der Waals surface area (Å²) in [6, 6.07) is 4.93. The number of carbonyl (C=O) groups is 2. The highest BCUT2D eigenvalue weighted by molar-refractivity contribution is 7.09. The second-order valence-electron chi connectivity index (χ2n) is 7.50. The molecule has 30 heavy (non-hydrogen) atoms. The van der Waals surface area contributed by atoms with Gasteiger partial charge in [-0.05, 0) is 43.9 Å². The lowest BCUT2D eigenvalue weighted by Crippen LogP contribution is -2.33. The van der Waals surface area contributed by atoms with E-state index >= 15 is 0 Å². The zero-order valence-corrected chi connectivity index (χ0v) is 17.5. The first-order chi connectivity index (χ1) is 14.2. The average molecular weight is 440 g/mol. The number of alkyl halides is 3. The summed E-state index contributed by atoms with van der Waals surface area (Å²) in [5.74, 6) is -0.864. The zero-order valence-electron chi connectivity index (χ0n) is 16.7. The van der Waals surface area contributed by atoms with E-state index in [1.54, 1.807) is 17.4 Å². The van der Waals surface area contributed by atoms with Crippen LogP contribution >= 0.6 is 11.3 Å². The predicted molar refractivity (Wildman–Crippen MR) is 108 cm³/mol. The van der Waals surface area contributed by atoms with Gasteiger partial charge in [0.05, 0.1) is 16.5 Å². The van der Waals surface area contributed by atoms with Crippen LogP contribution < -0.4 is 5.32 Å². The van der Waals surface area contributed by atoms with E-state index in [9.17, 15) is 22.8 Å². The monoisotopic (exact) mass is 439 g/mol. The maximum atomic E-state index is 12.9. The number of halogens is 3. The van der Waals surface area contributed by atoms with Crippen LogP contribution in [0.3, 0.4) is 0 Å². The van der Waals surface area contributed by atoms with Gasteiger partial charge in [-0.15, -0.1) is 11.3 Å². The van der Waals surface area contributed by atoms with Gasteiger partial charge in [-0.3, -0.25) is 9.59 Å². The smallest absolute Gasteiger partial charge is 0.356 e. The van der Waals surface area contributed by atoms with Crippen LogP contribution in [0.25, 0.3) is 0 Å². The minimum absolute atomic E-state index is 0.0692. The molecule has 162 valence electrons. The van der Waals surface area contributed by atoms with E-state index in [-0.39, 0.29) is 31.3 Å². The van der Waals surface area contributed by atoms with Gasteiger partial charge in [0, 0.05) is 37.1 Å². The Morgan fingerprint density at radius 2 is 2.13 bits per heavy atom. The number of rotatable bonds is 8. The van der Waals surface area contributed by atoms with Crippen molar-refractivity contribution >= 4 is 23.2 Å². The maximum absolute atomic E-state index is 12.9. The molecule has 2 heterocycles. The largest absolute Gasteiger partial charge is 0.416 e. The fourth-order valence-corrected chi connectivity index (χ4v) is 4.26. The lowest BCUT2D eigenvalue weighted by atomic mass is 10.1. The van der Waals surface area contributed by atoms with Crippen LogP contribution in [0.5, 0.6) is 0 Å². The number of nitrogens with zero attached hydrogens (tertiary/aromatic N) is 2. The minimum atomic E-state index is -4.42. The molecule has 3 rings (SSSR count). The van der Waals surface area contributed by atoms with Crippen molar-refractivity contribution in [3.05, 3.63) is 51.5 Å². The van der Waals surface area contributed by atoms with Crippen molar-refractivity contribution < 1.29 is 22.8 Å². The van der Waals surface area contributed by atoms with E-state index in [4.69, 9.17) is 0 Å². The van der Waals surface area contributed by atoms with Crippen molar-refractivity contribution in [2.45, 2.75) is 45.3 Å². The Morgan fingerprint density at radius 1 is 1.33 bits per heavy atom. The summed E-state index contributed by atoms with van der Waals surface area (Å²) in [6.45, 7) is 2.78. The number of likely N-dealkylation sites (tertiary alicyclic amines) is 1. The molecule has 5 nitrogen and oxygen atoms in total. The zero-order chi connectivity index (χ0) is 21.7.